The molecule has 5 nitrogen and oxygen atoms in total. The van der Waals surface area contributed by atoms with Gasteiger partial charge in [-0.25, -0.2) is 4.98 Å². The fraction of sp³-hybridized carbons (Fsp3) is 0.733. The van der Waals surface area contributed by atoms with Crippen LogP contribution in [0.4, 0.5) is 5.95 Å². The highest BCUT2D eigenvalue weighted by Gasteiger charge is 2.30. The number of fused-ring (bicyclic) bond motifs is 1. The van der Waals surface area contributed by atoms with Gasteiger partial charge in [0.2, 0.25) is 5.95 Å². The van der Waals surface area contributed by atoms with Crippen molar-refractivity contribution in [2.45, 2.75) is 56.7 Å². The van der Waals surface area contributed by atoms with Crippen LogP contribution < -0.4 is 5.73 Å². The van der Waals surface area contributed by atoms with E-state index in [2.05, 4.69) is 27.8 Å². The lowest BCUT2D eigenvalue weighted by Gasteiger charge is -2.32. The minimum absolute atomic E-state index is 0.448. The van der Waals surface area contributed by atoms with Crippen molar-refractivity contribution in [1.82, 2.24) is 19.3 Å². The molecule has 1 saturated carbocycles. The fourth-order valence-corrected chi connectivity index (χ4v) is 4.57. The molecule has 0 aromatic carbocycles. The molecule has 2 heterocycles. The SMILES string of the molecule is CCCc1nn(C)c2c1nc(N)n2C1CCCCC1SC. The minimum Gasteiger partial charge on any atom is -0.369 e. The number of hydrogen-bond donors (Lipinski definition) is 1. The zero-order valence-electron chi connectivity index (χ0n) is 13.2. The Morgan fingerprint density at radius 2 is 2.10 bits per heavy atom. The predicted octanol–water partition coefficient (Wildman–Crippen LogP) is 3.15. The Bertz CT molecular complexity index is 630. The van der Waals surface area contributed by atoms with Crippen molar-refractivity contribution in [3.8, 4) is 0 Å². The molecular weight excluding hydrogens is 282 g/mol. The number of nitrogens with zero attached hydrogens (tertiary/aromatic N) is 4. The van der Waals surface area contributed by atoms with Gasteiger partial charge in [-0.1, -0.05) is 26.2 Å². The van der Waals surface area contributed by atoms with Crippen LogP contribution in [-0.4, -0.2) is 30.8 Å². The van der Waals surface area contributed by atoms with E-state index in [0.717, 1.165) is 29.7 Å². The van der Waals surface area contributed by atoms with Crippen LogP contribution in [0.1, 0.15) is 50.8 Å². The Morgan fingerprint density at radius 3 is 2.81 bits per heavy atom. The lowest BCUT2D eigenvalue weighted by molar-refractivity contribution is 0.371. The van der Waals surface area contributed by atoms with Gasteiger partial charge in [-0.05, 0) is 25.5 Å². The maximum Gasteiger partial charge on any atom is 0.202 e. The molecule has 116 valence electrons. The van der Waals surface area contributed by atoms with Gasteiger partial charge in [-0.15, -0.1) is 0 Å². The van der Waals surface area contributed by atoms with Gasteiger partial charge in [0.1, 0.15) is 5.52 Å². The second-order valence-electron chi connectivity index (χ2n) is 5.96. The molecule has 2 unspecified atom stereocenters. The van der Waals surface area contributed by atoms with Gasteiger partial charge < -0.3 is 5.73 Å². The summed E-state index contributed by atoms with van der Waals surface area (Å²) in [5.41, 5.74) is 9.46. The average molecular weight is 307 g/mol. The smallest absolute Gasteiger partial charge is 0.202 e. The van der Waals surface area contributed by atoms with Crippen LogP contribution in [0, 0.1) is 0 Å². The third-order valence-corrected chi connectivity index (χ3v) is 5.71. The van der Waals surface area contributed by atoms with Crippen LogP contribution >= 0.6 is 11.8 Å². The fourth-order valence-electron chi connectivity index (χ4n) is 3.60. The standard InChI is InChI=1S/C15H25N5S/c1-4-7-10-13-14(19(2)18-10)20(15(16)17-13)11-8-5-6-9-12(11)21-3/h11-12H,4-9H2,1-3H3,(H2,16,17). The highest BCUT2D eigenvalue weighted by Crippen LogP contribution is 2.39. The van der Waals surface area contributed by atoms with E-state index in [4.69, 9.17) is 5.73 Å². The molecule has 0 bridgehead atoms. The average Bonchev–Trinajstić information content (AvgIpc) is 2.97. The molecule has 1 aliphatic carbocycles. The van der Waals surface area contributed by atoms with Crippen LogP contribution in [-0.2, 0) is 13.5 Å². The molecule has 0 aliphatic heterocycles. The molecule has 1 fully saturated rings. The maximum atomic E-state index is 6.28. The van der Waals surface area contributed by atoms with Crippen LogP contribution in [0.25, 0.3) is 11.2 Å². The van der Waals surface area contributed by atoms with Gasteiger partial charge in [0.15, 0.2) is 5.65 Å². The minimum atomic E-state index is 0.448. The molecule has 0 spiro atoms. The summed E-state index contributed by atoms with van der Waals surface area (Å²) in [6.07, 6.45) is 9.31. The van der Waals surface area contributed by atoms with Gasteiger partial charge in [0.25, 0.3) is 0 Å². The quantitative estimate of drug-likeness (QED) is 0.942. The van der Waals surface area contributed by atoms with Gasteiger partial charge >= 0.3 is 0 Å². The number of nitrogens with two attached hydrogens (primary N) is 1. The number of aryl methyl sites for hydroxylation is 2. The van der Waals surface area contributed by atoms with E-state index in [1.54, 1.807) is 0 Å². The van der Waals surface area contributed by atoms with Crippen LogP contribution in [0.5, 0.6) is 0 Å². The number of hydrogen-bond acceptors (Lipinski definition) is 4. The summed E-state index contributed by atoms with van der Waals surface area (Å²) in [7, 11) is 2.01. The van der Waals surface area contributed by atoms with Crippen molar-refractivity contribution in [3.63, 3.8) is 0 Å². The Balaban J connectivity index is 2.11. The Labute approximate surface area is 130 Å². The van der Waals surface area contributed by atoms with E-state index in [1.807, 2.05) is 23.5 Å². The number of imidazole rings is 1. The lowest BCUT2D eigenvalue weighted by atomic mass is 9.94. The van der Waals surface area contributed by atoms with Crippen molar-refractivity contribution in [1.29, 1.82) is 0 Å². The Hall–Kier alpha value is -1.17. The number of anilines is 1. The van der Waals surface area contributed by atoms with Crippen LogP contribution in [0.2, 0.25) is 0 Å². The van der Waals surface area contributed by atoms with Crippen molar-refractivity contribution >= 4 is 28.9 Å². The first-order valence-corrected chi connectivity index (χ1v) is 9.18. The highest BCUT2D eigenvalue weighted by molar-refractivity contribution is 7.99. The molecule has 0 saturated heterocycles. The monoisotopic (exact) mass is 307 g/mol. The molecule has 21 heavy (non-hydrogen) atoms. The highest BCUT2D eigenvalue weighted by atomic mass is 32.2. The normalized spacial score (nSPS) is 23.0. The third kappa shape index (κ3) is 2.43. The van der Waals surface area contributed by atoms with Gasteiger partial charge in [-0.2, -0.15) is 16.9 Å². The first-order chi connectivity index (χ1) is 10.2. The summed E-state index contributed by atoms with van der Waals surface area (Å²) in [5.74, 6) is 0.654. The third-order valence-electron chi connectivity index (χ3n) is 4.55. The Kier molecular flexibility index (Phi) is 4.15. The van der Waals surface area contributed by atoms with E-state index in [1.165, 1.54) is 25.7 Å². The molecule has 2 aromatic heterocycles. The van der Waals surface area contributed by atoms with E-state index in [-0.39, 0.29) is 0 Å². The van der Waals surface area contributed by atoms with E-state index in [9.17, 15) is 0 Å². The van der Waals surface area contributed by atoms with E-state index in [0.29, 0.717) is 17.2 Å². The zero-order valence-corrected chi connectivity index (χ0v) is 14.0. The molecule has 2 atom stereocenters. The van der Waals surface area contributed by atoms with E-state index < -0.39 is 0 Å². The molecular formula is C15H25N5S. The number of thioether (sulfide) groups is 1. The molecule has 2 N–H and O–H groups in total. The van der Waals surface area contributed by atoms with Crippen molar-refractivity contribution in [2.24, 2.45) is 7.05 Å². The maximum absolute atomic E-state index is 6.28. The molecule has 2 aromatic rings. The number of nitrogen functional groups attached to an aromatic ring is 1. The largest absolute Gasteiger partial charge is 0.369 e. The summed E-state index contributed by atoms with van der Waals surface area (Å²) in [6.45, 7) is 2.17. The van der Waals surface area contributed by atoms with Crippen molar-refractivity contribution in [2.75, 3.05) is 12.0 Å². The number of aromatic nitrogens is 4. The second kappa shape index (κ2) is 5.91. The molecule has 1 aliphatic rings. The topological polar surface area (TPSA) is 61.7 Å². The van der Waals surface area contributed by atoms with E-state index >= 15 is 0 Å². The van der Waals surface area contributed by atoms with Gasteiger partial charge in [0, 0.05) is 12.3 Å². The second-order valence-corrected chi connectivity index (χ2v) is 7.04. The lowest BCUT2D eigenvalue weighted by Crippen LogP contribution is -2.27. The van der Waals surface area contributed by atoms with Gasteiger partial charge in [0.05, 0.1) is 11.7 Å². The number of rotatable bonds is 4. The summed E-state index contributed by atoms with van der Waals surface area (Å²) in [6, 6.07) is 0.448. The molecule has 0 radical (unpaired) electrons. The van der Waals surface area contributed by atoms with Crippen molar-refractivity contribution < 1.29 is 0 Å². The predicted molar refractivity (Wildman–Crippen MR) is 89.7 cm³/mol. The first-order valence-electron chi connectivity index (χ1n) is 7.89. The van der Waals surface area contributed by atoms with Gasteiger partial charge in [-0.3, -0.25) is 9.25 Å². The zero-order chi connectivity index (χ0) is 15.0. The Morgan fingerprint density at radius 1 is 1.33 bits per heavy atom. The summed E-state index contributed by atoms with van der Waals surface area (Å²) < 4.78 is 4.22. The summed E-state index contributed by atoms with van der Waals surface area (Å²) in [5, 5.41) is 5.29. The summed E-state index contributed by atoms with van der Waals surface area (Å²) in [4.78, 5) is 4.64. The summed E-state index contributed by atoms with van der Waals surface area (Å²) >= 11 is 1.96. The van der Waals surface area contributed by atoms with Crippen molar-refractivity contribution in [3.05, 3.63) is 5.69 Å². The first kappa shape index (κ1) is 14.8. The molecule has 6 heteroatoms. The molecule has 0 amide bonds. The van der Waals surface area contributed by atoms with Crippen LogP contribution in [0.3, 0.4) is 0 Å². The molecule has 3 rings (SSSR count). The van der Waals surface area contributed by atoms with Crippen LogP contribution in [0.15, 0.2) is 0 Å².